The molecule has 0 saturated heterocycles. The van der Waals surface area contributed by atoms with Gasteiger partial charge < -0.3 is 5.21 Å². The van der Waals surface area contributed by atoms with Gasteiger partial charge in [-0.1, -0.05) is 61.0 Å². The lowest BCUT2D eigenvalue weighted by Gasteiger charge is -2.19. The van der Waals surface area contributed by atoms with E-state index in [1.165, 1.54) is 16.7 Å². The average Bonchev–Trinajstić information content (AvgIpc) is 2.65. The number of benzene rings is 2. The highest BCUT2D eigenvalue weighted by molar-refractivity contribution is 5.30. The van der Waals surface area contributed by atoms with Gasteiger partial charge >= 0.3 is 5.69 Å². The summed E-state index contributed by atoms with van der Waals surface area (Å²) in [6, 6.07) is 15.3. The first kappa shape index (κ1) is 18.6. The summed E-state index contributed by atoms with van der Waals surface area (Å²) in [4.78, 5) is 25.2. The lowest BCUT2D eigenvalue weighted by Crippen LogP contribution is -2.43. The minimum atomic E-state index is -0.787. The van der Waals surface area contributed by atoms with Crippen LogP contribution in [0.2, 0.25) is 0 Å². The van der Waals surface area contributed by atoms with E-state index in [0.29, 0.717) is 11.3 Å². The third-order valence-electron chi connectivity index (χ3n) is 4.52. The normalized spacial score (nSPS) is 11.1. The molecule has 5 nitrogen and oxygen atoms in total. The summed E-state index contributed by atoms with van der Waals surface area (Å²) in [6.07, 6.45) is 0.284. The number of hydrogen-bond acceptors (Lipinski definition) is 3. The molecule has 0 aliphatic heterocycles. The Morgan fingerprint density at radius 3 is 2.19 bits per heavy atom. The molecule has 0 aliphatic carbocycles. The fourth-order valence-corrected chi connectivity index (χ4v) is 3.20. The van der Waals surface area contributed by atoms with Crippen LogP contribution in [0, 0.1) is 5.82 Å². The monoisotopic (exact) mass is 368 g/mol. The maximum atomic E-state index is 13.2. The van der Waals surface area contributed by atoms with Crippen LogP contribution in [0.4, 0.5) is 4.39 Å². The number of rotatable bonds is 5. The van der Waals surface area contributed by atoms with Crippen LogP contribution in [0.25, 0.3) is 0 Å². The molecule has 27 heavy (non-hydrogen) atoms. The van der Waals surface area contributed by atoms with Crippen LogP contribution in [0.5, 0.6) is 0 Å². The predicted molar refractivity (Wildman–Crippen MR) is 101 cm³/mol. The summed E-state index contributed by atoms with van der Waals surface area (Å²) in [7, 11) is 0. The molecule has 0 unspecified atom stereocenters. The molecule has 3 aromatic rings. The number of hydrogen-bond donors (Lipinski definition) is 1. The minimum Gasteiger partial charge on any atom is -0.421 e. The van der Waals surface area contributed by atoms with Crippen LogP contribution in [0.15, 0.2) is 64.2 Å². The van der Waals surface area contributed by atoms with Gasteiger partial charge in [-0.2, -0.15) is 0 Å². The van der Waals surface area contributed by atoms with Gasteiger partial charge in [0, 0.05) is 17.7 Å². The molecule has 0 bridgehead atoms. The van der Waals surface area contributed by atoms with E-state index in [9.17, 15) is 19.2 Å². The molecular weight excluding hydrogens is 347 g/mol. The Kier molecular flexibility index (Phi) is 5.26. The predicted octanol–water partition coefficient (Wildman–Crippen LogP) is 3.15. The van der Waals surface area contributed by atoms with Gasteiger partial charge in [0.2, 0.25) is 0 Å². The Morgan fingerprint density at radius 2 is 1.59 bits per heavy atom. The number of halogens is 1. The molecule has 6 heteroatoms. The van der Waals surface area contributed by atoms with E-state index in [1.54, 1.807) is 12.1 Å². The van der Waals surface area contributed by atoms with E-state index in [4.69, 9.17) is 0 Å². The maximum Gasteiger partial charge on any atom is 0.364 e. The summed E-state index contributed by atoms with van der Waals surface area (Å²) in [6.45, 7) is 3.89. The first-order valence-electron chi connectivity index (χ1n) is 8.74. The largest absolute Gasteiger partial charge is 0.421 e. The van der Waals surface area contributed by atoms with Gasteiger partial charge in [0.05, 0.1) is 6.54 Å². The smallest absolute Gasteiger partial charge is 0.364 e. The second kappa shape index (κ2) is 7.61. The maximum absolute atomic E-state index is 13.2. The Balaban J connectivity index is 2.21. The fourth-order valence-electron chi connectivity index (χ4n) is 3.20. The Labute approximate surface area is 155 Å². The molecule has 0 fully saturated rings. The van der Waals surface area contributed by atoms with Crippen LogP contribution in [-0.2, 0) is 13.0 Å². The standard InChI is InChI=1S/C21H21FN2O3/c1-14(2)19-18(12-15-8-10-17(22)11-9-15)23(21(26)24(27)20(19)25)13-16-6-4-3-5-7-16/h3-11,14,27H,12-13H2,1-2H3. The molecule has 1 aromatic heterocycles. The van der Waals surface area contributed by atoms with Crippen molar-refractivity contribution in [3.8, 4) is 0 Å². The summed E-state index contributed by atoms with van der Waals surface area (Å²) in [5.41, 5.74) is 1.04. The van der Waals surface area contributed by atoms with Gasteiger partial charge in [0.25, 0.3) is 5.56 Å². The van der Waals surface area contributed by atoms with Crippen LogP contribution in [0.3, 0.4) is 0 Å². The fraction of sp³-hybridized carbons (Fsp3) is 0.238. The molecule has 1 heterocycles. The van der Waals surface area contributed by atoms with Crippen LogP contribution < -0.4 is 11.2 Å². The molecule has 3 rings (SSSR count). The zero-order chi connectivity index (χ0) is 19.6. The summed E-state index contributed by atoms with van der Waals surface area (Å²) in [5, 5.41) is 10.0. The Morgan fingerprint density at radius 1 is 0.963 bits per heavy atom. The Bertz CT molecular complexity index is 1050. The van der Waals surface area contributed by atoms with Gasteiger partial charge in [0.15, 0.2) is 0 Å². The number of aromatic nitrogens is 2. The summed E-state index contributed by atoms with van der Waals surface area (Å²) < 4.78 is 14.8. The summed E-state index contributed by atoms with van der Waals surface area (Å²) in [5.74, 6) is -0.552. The molecule has 0 atom stereocenters. The molecule has 0 amide bonds. The lowest BCUT2D eigenvalue weighted by molar-refractivity contribution is 0.152. The van der Waals surface area contributed by atoms with E-state index in [1.807, 2.05) is 44.2 Å². The molecule has 0 aliphatic rings. The van der Waals surface area contributed by atoms with Gasteiger partial charge in [-0.05, 0) is 29.2 Å². The van der Waals surface area contributed by atoms with E-state index in [2.05, 4.69) is 0 Å². The summed E-state index contributed by atoms with van der Waals surface area (Å²) >= 11 is 0. The van der Waals surface area contributed by atoms with Crippen molar-refractivity contribution in [3.63, 3.8) is 0 Å². The highest BCUT2D eigenvalue weighted by atomic mass is 19.1. The lowest BCUT2D eigenvalue weighted by atomic mass is 9.97. The van der Waals surface area contributed by atoms with Gasteiger partial charge in [-0.3, -0.25) is 9.36 Å². The van der Waals surface area contributed by atoms with Crippen LogP contribution in [0.1, 0.15) is 42.1 Å². The van der Waals surface area contributed by atoms with Crippen LogP contribution >= 0.6 is 0 Å². The second-order valence-corrected chi connectivity index (χ2v) is 6.79. The minimum absolute atomic E-state index is 0.173. The zero-order valence-electron chi connectivity index (χ0n) is 15.2. The topological polar surface area (TPSA) is 64.2 Å². The molecule has 140 valence electrons. The molecule has 1 N–H and O–H groups in total. The molecule has 2 aromatic carbocycles. The number of nitrogens with zero attached hydrogens (tertiary/aromatic N) is 2. The van der Waals surface area contributed by atoms with E-state index >= 15 is 0 Å². The van der Waals surface area contributed by atoms with Crippen molar-refractivity contribution in [2.45, 2.75) is 32.7 Å². The zero-order valence-corrected chi connectivity index (χ0v) is 15.2. The highest BCUT2D eigenvalue weighted by Gasteiger charge is 2.21. The van der Waals surface area contributed by atoms with Crippen molar-refractivity contribution in [3.05, 3.63) is 104 Å². The van der Waals surface area contributed by atoms with Crippen molar-refractivity contribution in [1.82, 2.24) is 9.30 Å². The average molecular weight is 368 g/mol. The highest BCUT2D eigenvalue weighted by Crippen LogP contribution is 2.19. The third kappa shape index (κ3) is 3.84. The second-order valence-electron chi connectivity index (χ2n) is 6.79. The SMILES string of the molecule is CC(C)c1c(Cc2ccc(F)cc2)n(Cc2ccccc2)c(=O)n(O)c1=O. The first-order chi connectivity index (χ1) is 12.9. The Hall–Kier alpha value is -3.15. The van der Waals surface area contributed by atoms with Crippen molar-refractivity contribution in [2.24, 2.45) is 0 Å². The molecule has 0 spiro atoms. The van der Waals surface area contributed by atoms with Crippen molar-refractivity contribution >= 4 is 0 Å². The molecule has 0 saturated carbocycles. The van der Waals surface area contributed by atoms with E-state index < -0.39 is 11.2 Å². The quantitative estimate of drug-likeness (QED) is 0.704. The molecular formula is C21H21FN2O3. The van der Waals surface area contributed by atoms with Gasteiger partial charge in [0.1, 0.15) is 5.82 Å². The molecule has 0 radical (unpaired) electrons. The van der Waals surface area contributed by atoms with E-state index in [0.717, 1.165) is 11.1 Å². The third-order valence-corrected chi connectivity index (χ3v) is 4.52. The van der Waals surface area contributed by atoms with Crippen molar-refractivity contribution in [1.29, 1.82) is 0 Å². The van der Waals surface area contributed by atoms with E-state index in [-0.39, 0.29) is 29.4 Å². The first-order valence-corrected chi connectivity index (χ1v) is 8.74. The van der Waals surface area contributed by atoms with Crippen molar-refractivity contribution in [2.75, 3.05) is 0 Å². The van der Waals surface area contributed by atoms with Gasteiger partial charge in [-0.15, -0.1) is 0 Å². The van der Waals surface area contributed by atoms with Crippen LogP contribution in [-0.4, -0.2) is 14.5 Å². The van der Waals surface area contributed by atoms with Crippen molar-refractivity contribution < 1.29 is 9.60 Å². The van der Waals surface area contributed by atoms with Gasteiger partial charge in [-0.25, -0.2) is 9.18 Å².